The van der Waals surface area contributed by atoms with Gasteiger partial charge in [0.25, 0.3) is 0 Å². The predicted molar refractivity (Wildman–Crippen MR) is 126 cm³/mol. The van der Waals surface area contributed by atoms with E-state index >= 15 is 0 Å². The minimum absolute atomic E-state index is 0.0431. The Hall–Kier alpha value is -2.36. The van der Waals surface area contributed by atoms with Crippen LogP contribution in [0.2, 0.25) is 0 Å². The average molecular weight is 427 g/mol. The van der Waals surface area contributed by atoms with Crippen LogP contribution in [0, 0.1) is 5.92 Å². The number of Topliss-reactive ketones (excluding diaryl/α,β-unsaturated/α-hetero) is 1. The van der Waals surface area contributed by atoms with Gasteiger partial charge in [-0.2, -0.15) is 0 Å². The number of esters is 1. The van der Waals surface area contributed by atoms with Gasteiger partial charge in [0.15, 0.2) is 0 Å². The van der Waals surface area contributed by atoms with Gasteiger partial charge in [-0.15, -0.1) is 0 Å². The van der Waals surface area contributed by atoms with Crippen LogP contribution >= 0.6 is 0 Å². The second-order valence-corrected chi connectivity index (χ2v) is 8.88. The van der Waals surface area contributed by atoms with Crippen LogP contribution in [0.4, 0.5) is 0 Å². The molecule has 1 N–H and O–H groups in total. The monoisotopic (exact) mass is 426 g/mol. The topological polar surface area (TPSA) is 63.6 Å². The second kappa shape index (κ2) is 11.9. The molecule has 1 aliphatic rings. The molecule has 0 aliphatic heterocycles. The number of aryl methyl sites for hydroxylation is 1. The van der Waals surface area contributed by atoms with E-state index in [0.29, 0.717) is 17.7 Å². The molecule has 0 unspecified atom stereocenters. The van der Waals surface area contributed by atoms with Gasteiger partial charge in [-0.3, -0.25) is 9.59 Å². The standard InChI is InChI=1S/C27H38O4/c1-6-8-9-10-20-16-24(29)27(23-15-19(5)11-13-22(23)18(3)4)25(17-20)31-26(30)14-12-21(28)7-2/h15-17,22-23,29H,3,6-14H2,1-2,4-5H3/t22-,23+/m0/s1. The summed E-state index contributed by atoms with van der Waals surface area (Å²) in [6, 6.07) is 3.72. The Labute approximate surface area is 187 Å². The van der Waals surface area contributed by atoms with Gasteiger partial charge in [0.2, 0.25) is 0 Å². The minimum Gasteiger partial charge on any atom is -0.507 e. The third-order valence-corrected chi connectivity index (χ3v) is 6.19. The minimum atomic E-state index is -0.434. The number of hydrogen-bond acceptors (Lipinski definition) is 4. The lowest BCUT2D eigenvalue weighted by atomic mass is 9.73. The number of carbonyl (C=O) groups excluding carboxylic acids is 2. The molecule has 170 valence electrons. The molecule has 2 rings (SSSR count). The normalized spacial score (nSPS) is 18.4. The number of phenols is 1. The van der Waals surface area contributed by atoms with Gasteiger partial charge in [0.05, 0.1) is 6.42 Å². The fourth-order valence-corrected chi connectivity index (χ4v) is 4.31. The molecular weight excluding hydrogens is 388 g/mol. The number of benzene rings is 1. The van der Waals surface area contributed by atoms with E-state index in [1.54, 1.807) is 6.92 Å². The first-order valence-electron chi connectivity index (χ1n) is 11.7. The largest absolute Gasteiger partial charge is 0.507 e. The van der Waals surface area contributed by atoms with Crippen molar-refractivity contribution in [3.05, 3.63) is 47.1 Å². The second-order valence-electron chi connectivity index (χ2n) is 8.88. The molecule has 0 fully saturated rings. The summed E-state index contributed by atoms with van der Waals surface area (Å²) in [4.78, 5) is 24.2. The quantitative estimate of drug-likeness (QED) is 0.183. The predicted octanol–water partition coefficient (Wildman–Crippen LogP) is 6.81. The summed E-state index contributed by atoms with van der Waals surface area (Å²) in [6.45, 7) is 12.2. The summed E-state index contributed by atoms with van der Waals surface area (Å²) >= 11 is 0. The van der Waals surface area contributed by atoms with Gasteiger partial charge >= 0.3 is 5.97 Å². The van der Waals surface area contributed by atoms with Gasteiger partial charge in [0.1, 0.15) is 17.3 Å². The maximum atomic E-state index is 12.5. The van der Waals surface area contributed by atoms with Crippen LogP contribution in [0.5, 0.6) is 11.5 Å². The van der Waals surface area contributed by atoms with Crippen molar-refractivity contribution >= 4 is 11.8 Å². The van der Waals surface area contributed by atoms with E-state index in [1.165, 1.54) is 5.57 Å². The van der Waals surface area contributed by atoms with E-state index in [-0.39, 0.29) is 36.2 Å². The highest BCUT2D eigenvalue weighted by Crippen LogP contribution is 2.47. The van der Waals surface area contributed by atoms with Crippen LogP contribution in [0.3, 0.4) is 0 Å². The van der Waals surface area contributed by atoms with Gasteiger partial charge in [-0.05, 0) is 63.1 Å². The summed E-state index contributed by atoms with van der Waals surface area (Å²) in [7, 11) is 0. The zero-order chi connectivity index (χ0) is 23.0. The number of phenolic OH excluding ortho intramolecular Hbond substituents is 1. The molecular formula is C27H38O4. The Bertz CT molecular complexity index is 834. The van der Waals surface area contributed by atoms with Crippen LogP contribution in [-0.2, 0) is 16.0 Å². The molecule has 4 heteroatoms. The molecule has 1 aromatic carbocycles. The molecule has 4 nitrogen and oxygen atoms in total. The first-order chi connectivity index (χ1) is 14.8. The summed E-state index contributed by atoms with van der Waals surface area (Å²) < 4.78 is 5.77. The van der Waals surface area contributed by atoms with Crippen molar-refractivity contribution in [1.82, 2.24) is 0 Å². The molecule has 0 saturated heterocycles. The summed E-state index contributed by atoms with van der Waals surface area (Å²) in [5.41, 5.74) is 3.94. The number of rotatable bonds is 11. The smallest absolute Gasteiger partial charge is 0.311 e. The lowest BCUT2D eigenvalue weighted by molar-refractivity contribution is -0.136. The lowest BCUT2D eigenvalue weighted by Gasteiger charge is -2.32. The highest BCUT2D eigenvalue weighted by molar-refractivity contribution is 5.83. The van der Waals surface area contributed by atoms with Gasteiger partial charge in [0, 0.05) is 24.3 Å². The van der Waals surface area contributed by atoms with Crippen LogP contribution in [0.1, 0.15) is 96.1 Å². The molecule has 31 heavy (non-hydrogen) atoms. The fourth-order valence-electron chi connectivity index (χ4n) is 4.31. The SMILES string of the molecule is C=C(C)[C@@H]1CCC(C)=C[C@H]1c1c(O)cc(CCCCC)cc1OC(=O)CCC(=O)CC. The van der Waals surface area contributed by atoms with Crippen molar-refractivity contribution in [3.8, 4) is 11.5 Å². The lowest BCUT2D eigenvalue weighted by Crippen LogP contribution is -2.19. The number of aromatic hydroxyl groups is 1. The number of allylic oxidation sites excluding steroid dienone is 3. The van der Waals surface area contributed by atoms with E-state index in [1.807, 2.05) is 19.1 Å². The number of carbonyl (C=O) groups is 2. The number of unbranched alkanes of at least 4 members (excludes halogenated alkanes) is 2. The van der Waals surface area contributed by atoms with Crippen LogP contribution in [0.25, 0.3) is 0 Å². The first-order valence-corrected chi connectivity index (χ1v) is 11.7. The summed E-state index contributed by atoms with van der Waals surface area (Å²) in [6.07, 6.45) is 8.85. The van der Waals surface area contributed by atoms with Gasteiger partial charge in [-0.25, -0.2) is 0 Å². The Morgan fingerprint density at radius 1 is 1.19 bits per heavy atom. The van der Waals surface area contributed by atoms with E-state index in [2.05, 4.69) is 26.5 Å². The van der Waals surface area contributed by atoms with Gasteiger partial charge in [-0.1, -0.05) is 50.5 Å². The van der Waals surface area contributed by atoms with Crippen molar-refractivity contribution in [2.45, 2.75) is 91.4 Å². The van der Waals surface area contributed by atoms with Gasteiger partial charge < -0.3 is 9.84 Å². The molecule has 0 saturated carbocycles. The van der Waals surface area contributed by atoms with Crippen molar-refractivity contribution in [3.63, 3.8) is 0 Å². The Balaban J connectivity index is 2.42. The highest BCUT2D eigenvalue weighted by atomic mass is 16.5. The zero-order valence-corrected chi connectivity index (χ0v) is 19.6. The molecule has 0 radical (unpaired) electrons. The molecule has 0 heterocycles. The maximum Gasteiger partial charge on any atom is 0.311 e. The first kappa shape index (κ1) is 24.9. The molecule has 0 bridgehead atoms. The molecule has 0 amide bonds. The van der Waals surface area contributed by atoms with E-state index < -0.39 is 5.97 Å². The van der Waals surface area contributed by atoms with E-state index in [0.717, 1.165) is 49.7 Å². The maximum absolute atomic E-state index is 12.5. The van der Waals surface area contributed by atoms with E-state index in [9.17, 15) is 14.7 Å². The molecule has 1 aliphatic carbocycles. The average Bonchev–Trinajstić information content (AvgIpc) is 2.71. The van der Waals surface area contributed by atoms with Crippen molar-refractivity contribution < 1.29 is 19.4 Å². The van der Waals surface area contributed by atoms with Crippen LogP contribution < -0.4 is 4.74 Å². The van der Waals surface area contributed by atoms with Crippen molar-refractivity contribution in [2.24, 2.45) is 5.92 Å². The summed E-state index contributed by atoms with van der Waals surface area (Å²) in [5.74, 6) is 0.292. The Kier molecular flexibility index (Phi) is 9.54. The van der Waals surface area contributed by atoms with Crippen molar-refractivity contribution in [2.75, 3.05) is 0 Å². The molecule has 1 aromatic rings. The zero-order valence-electron chi connectivity index (χ0n) is 19.6. The Morgan fingerprint density at radius 3 is 2.58 bits per heavy atom. The fraction of sp³-hybridized carbons (Fsp3) is 0.556. The summed E-state index contributed by atoms with van der Waals surface area (Å²) in [5, 5.41) is 11.0. The van der Waals surface area contributed by atoms with Crippen molar-refractivity contribution in [1.29, 1.82) is 0 Å². The third-order valence-electron chi connectivity index (χ3n) is 6.19. The molecule has 2 atom stereocenters. The molecule has 0 spiro atoms. The number of ketones is 1. The van der Waals surface area contributed by atoms with E-state index in [4.69, 9.17) is 4.74 Å². The number of ether oxygens (including phenoxy) is 1. The third kappa shape index (κ3) is 7.09. The highest BCUT2D eigenvalue weighted by Gasteiger charge is 2.31. The molecule has 0 aromatic heterocycles. The number of hydrogen-bond donors (Lipinski definition) is 1. The van der Waals surface area contributed by atoms with Crippen LogP contribution in [0.15, 0.2) is 35.9 Å². The van der Waals surface area contributed by atoms with Crippen LogP contribution in [-0.4, -0.2) is 16.9 Å². The Morgan fingerprint density at radius 2 is 1.94 bits per heavy atom.